The van der Waals surface area contributed by atoms with E-state index in [1.807, 2.05) is 6.07 Å². The molecule has 0 fully saturated rings. The Kier molecular flexibility index (Phi) is 5.93. The summed E-state index contributed by atoms with van der Waals surface area (Å²) in [7, 11) is 1.71. The van der Waals surface area contributed by atoms with Gasteiger partial charge in [0, 0.05) is 0 Å². The Labute approximate surface area is 111 Å². The summed E-state index contributed by atoms with van der Waals surface area (Å²) in [5.74, 6) is 0.949. The lowest BCUT2D eigenvalue weighted by atomic mass is 10.0. The highest BCUT2D eigenvalue weighted by Gasteiger charge is 2.09. The van der Waals surface area contributed by atoms with Crippen molar-refractivity contribution in [1.29, 1.82) is 0 Å². The molecule has 2 heteroatoms. The molecular weight excluding hydrogens is 222 g/mol. The summed E-state index contributed by atoms with van der Waals surface area (Å²) in [4.78, 5) is 0. The van der Waals surface area contributed by atoms with Gasteiger partial charge in [0.05, 0.1) is 13.2 Å². The number of ether oxygens (including phenoxy) is 1. The van der Waals surface area contributed by atoms with Gasteiger partial charge in [0.25, 0.3) is 0 Å². The first-order valence-corrected chi connectivity index (χ1v) is 6.61. The lowest BCUT2D eigenvalue weighted by molar-refractivity contribution is 0.411. The quantitative estimate of drug-likeness (QED) is 0.767. The largest absolute Gasteiger partial charge is 0.496 e. The van der Waals surface area contributed by atoms with E-state index in [4.69, 9.17) is 4.74 Å². The van der Waals surface area contributed by atoms with Gasteiger partial charge in [-0.15, -0.1) is 0 Å². The highest BCUT2D eigenvalue weighted by atomic mass is 16.5. The van der Waals surface area contributed by atoms with Gasteiger partial charge in [0.2, 0.25) is 0 Å². The van der Waals surface area contributed by atoms with E-state index in [1.165, 1.54) is 16.7 Å². The van der Waals surface area contributed by atoms with Crippen LogP contribution in [-0.4, -0.2) is 13.7 Å². The van der Waals surface area contributed by atoms with E-state index in [-0.39, 0.29) is 0 Å². The Morgan fingerprint density at radius 3 is 2.61 bits per heavy atom. The Hall–Kier alpha value is -1.28. The van der Waals surface area contributed by atoms with Crippen molar-refractivity contribution in [2.24, 2.45) is 0 Å². The van der Waals surface area contributed by atoms with Crippen molar-refractivity contribution in [3.8, 4) is 5.75 Å². The van der Waals surface area contributed by atoms with Crippen molar-refractivity contribution in [2.45, 2.75) is 40.2 Å². The number of rotatable bonds is 6. The van der Waals surface area contributed by atoms with Crippen LogP contribution in [-0.2, 0) is 0 Å². The fourth-order valence-electron chi connectivity index (χ4n) is 2.00. The molecule has 0 aliphatic heterocycles. The maximum absolute atomic E-state index is 5.31. The zero-order valence-electron chi connectivity index (χ0n) is 12.2. The molecule has 2 nitrogen and oxygen atoms in total. The average molecular weight is 247 g/mol. The molecule has 100 valence electrons. The van der Waals surface area contributed by atoms with Gasteiger partial charge in [0.15, 0.2) is 0 Å². The molecule has 0 spiro atoms. The molecule has 1 unspecified atom stereocenters. The van der Waals surface area contributed by atoms with E-state index in [0.717, 1.165) is 18.7 Å². The van der Waals surface area contributed by atoms with Gasteiger partial charge in [-0.05, 0) is 50.9 Å². The number of hydrogen-bond acceptors (Lipinski definition) is 2. The van der Waals surface area contributed by atoms with Crippen LogP contribution in [0.1, 0.15) is 44.4 Å². The molecule has 1 atom stereocenters. The fourth-order valence-corrected chi connectivity index (χ4v) is 2.00. The van der Waals surface area contributed by atoms with Crippen LogP contribution >= 0.6 is 0 Å². The Morgan fingerprint density at radius 2 is 2.11 bits per heavy atom. The number of nitrogens with one attached hydrogen (secondary N) is 1. The molecule has 0 heterocycles. The summed E-state index contributed by atoms with van der Waals surface area (Å²) < 4.78 is 5.31. The zero-order valence-corrected chi connectivity index (χ0v) is 12.2. The summed E-state index contributed by atoms with van der Waals surface area (Å²) >= 11 is 0. The van der Waals surface area contributed by atoms with Crippen molar-refractivity contribution >= 4 is 0 Å². The van der Waals surface area contributed by atoms with Gasteiger partial charge in [0.1, 0.15) is 5.75 Å². The van der Waals surface area contributed by atoms with Crippen LogP contribution in [0, 0.1) is 6.92 Å². The van der Waals surface area contributed by atoms with E-state index in [2.05, 4.69) is 51.2 Å². The monoisotopic (exact) mass is 247 g/mol. The number of methoxy groups -OCH3 is 1. The number of allylic oxidation sites excluding steroid dienone is 1. The van der Waals surface area contributed by atoms with Gasteiger partial charge in [-0.25, -0.2) is 0 Å². The number of hydrogen-bond donors (Lipinski definition) is 1. The molecule has 0 saturated carbocycles. The Balaban J connectivity index is 2.97. The number of benzene rings is 1. The minimum Gasteiger partial charge on any atom is -0.496 e. The molecule has 0 amide bonds. The highest BCUT2D eigenvalue weighted by Crippen LogP contribution is 2.24. The molecule has 1 N–H and O–H groups in total. The molecule has 0 aliphatic carbocycles. The predicted octanol–water partition coefficient (Wildman–Crippen LogP) is 4.01. The van der Waals surface area contributed by atoms with Crippen LogP contribution < -0.4 is 10.1 Å². The average Bonchev–Trinajstić information content (AvgIpc) is 2.34. The molecule has 0 aromatic heterocycles. The van der Waals surface area contributed by atoms with Crippen molar-refractivity contribution in [3.63, 3.8) is 0 Å². The lowest BCUT2D eigenvalue weighted by Gasteiger charge is -2.17. The van der Waals surface area contributed by atoms with Crippen LogP contribution in [0.25, 0.3) is 0 Å². The maximum atomic E-state index is 5.31. The highest BCUT2D eigenvalue weighted by molar-refractivity contribution is 5.38. The molecule has 0 saturated heterocycles. The van der Waals surface area contributed by atoms with Crippen LogP contribution in [0.4, 0.5) is 0 Å². The molecule has 1 aromatic carbocycles. The van der Waals surface area contributed by atoms with Crippen LogP contribution in [0.15, 0.2) is 29.8 Å². The first kappa shape index (κ1) is 14.8. The Morgan fingerprint density at radius 1 is 1.39 bits per heavy atom. The second-order valence-corrected chi connectivity index (χ2v) is 4.90. The zero-order chi connectivity index (χ0) is 13.5. The first-order valence-electron chi connectivity index (χ1n) is 6.61. The van der Waals surface area contributed by atoms with Gasteiger partial charge in [-0.2, -0.15) is 0 Å². The third-order valence-corrected chi connectivity index (χ3v) is 2.89. The molecule has 1 aromatic rings. The molecule has 0 aliphatic rings. The van der Waals surface area contributed by atoms with Gasteiger partial charge in [-0.1, -0.05) is 30.7 Å². The lowest BCUT2D eigenvalue weighted by Crippen LogP contribution is -2.20. The Bertz CT molecular complexity index is 406. The predicted molar refractivity (Wildman–Crippen MR) is 78.2 cm³/mol. The summed E-state index contributed by atoms with van der Waals surface area (Å²) in [5, 5.41) is 3.56. The third-order valence-electron chi connectivity index (χ3n) is 2.89. The standard InChI is InChI=1S/C16H25NO/c1-6-9-17-15(10-12(2)3)14-7-8-16(18-5)13(4)11-14/h7-8,10-11,15,17H,6,9H2,1-5H3. The molecular formula is C16H25NO. The molecule has 18 heavy (non-hydrogen) atoms. The van der Waals surface area contributed by atoms with E-state index in [1.54, 1.807) is 7.11 Å². The smallest absolute Gasteiger partial charge is 0.121 e. The van der Waals surface area contributed by atoms with Crippen molar-refractivity contribution in [2.75, 3.05) is 13.7 Å². The van der Waals surface area contributed by atoms with Gasteiger partial charge in [-0.3, -0.25) is 0 Å². The fraction of sp³-hybridized carbons (Fsp3) is 0.500. The summed E-state index contributed by atoms with van der Waals surface area (Å²) in [5.41, 5.74) is 3.81. The topological polar surface area (TPSA) is 21.3 Å². The molecule has 0 bridgehead atoms. The summed E-state index contributed by atoms with van der Waals surface area (Å²) in [6, 6.07) is 6.67. The van der Waals surface area contributed by atoms with Crippen LogP contribution in [0.5, 0.6) is 5.75 Å². The van der Waals surface area contributed by atoms with E-state index in [0.29, 0.717) is 6.04 Å². The summed E-state index contributed by atoms with van der Waals surface area (Å²) in [6.07, 6.45) is 3.42. The minimum absolute atomic E-state index is 0.291. The van der Waals surface area contributed by atoms with E-state index in [9.17, 15) is 0 Å². The maximum Gasteiger partial charge on any atom is 0.121 e. The first-order chi connectivity index (χ1) is 8.58. The van der Waals surface area contributed by atoms with Crippen LogP contribution in [0.3, 0.4) is 0 Å². The number of aryl methyl sites for hydroxylation is 1. The van der Waals surface area contributed by atoms with E-state index < -0.39 is 0 Å². The summed E-state index contributed by atoms with van der Waals surface area (Å²) in [6.45, 7) is 9.57. The second-order valence-electron chi connectivity index (χ2n) is 4.90. The van der Waals surface area contributed by atoms with Crippen LogP contribution in [0.2, 0.25) is 0 Å². The van der Waals surface area contributed by atoms with Gasteiger partial charge < -0.3 is 10.1 Å². The molecule has 0 radical (unpaired) electrons. The van der Waals surface area contributed by atoms with Crippen molar-refractivity contribution < 1.29 is 4.74 Å². The van der Waals surface area contributed by atoms with Crippen molar-refractivity contribution in [3.05, 3.63) is 41.0 Å². The van der Waals surface area contributed by atoms with Crippen molar-refractivity contribution in [1.82, 2.24) is 5.32 Å². The second kappa shape index (κ2) is 7.22. The van der Waals surface area contributed by atoms with E-state index >= 15 is 0 Å². The SMILES string of the molecule is CCCNC(C=C(C)C)c1ccc(OC)c(C)c1. The molecule has 1 rings (SSSR count). The third kappa shape index (κ3) is 4.19. The van der Waals surface area contributed by atoms with Gasteiger partial charge >= 0.3 is 0 Å². The minimum atomic E-state index is 0.291. The normalized spacial score (nSPS) is 12.1.